The van der Waals surface area contributed by atoms with E-state index in [1.54, 1.807) is 0 Å². The molecular weight excluding hydrogens is 406 g/mol. The summed E-state index contributed by atoms with van der Waals surface area (Å²) in [5.74, 6) is 0.697. The molecule has 0 unspecified atom stereocenters. The van der Waals surface area contributed by atoms with Crippen LogP contribution in [0.2, 0.25) is 0 Å². The summed E-state index contributed by atoms with van der Waals surface area (Å²) in [6.45, 7) is 11.2. The zero-order valence-corrected chi connectivity index (χ0v) is 19.4. The Morgan fingerprint density at radius 3 is 2.32 bits per heavy atom. The quantitative estimate of drug-likeness (QED) is 0.652. The fraction of sp³-hybridized carbons (Fsp3) is 0.480. The molecule has 0 spiro atoms. The van der Waals surface area contributed by atoms with Gasteiger partial charge in [-0.3, -0.25) is 0 Å². The fourth-order valence-corrected chi connectivity index (χ4v) is 5.03. The van der Waals surface area contributed by atoms with Crippen LogP contribution in [0.3, 0.4) is 0 Å². The molecule has 0 aliphatic carbocycles. The highest BCUT2D eigenvalue weighted by molar-refractivity contribution is 5.85. The summed E-state index contributed by atoms with van der Waals surface area (Å²) in [5, 5.41) is 8.00. The molecule has 6 heteroatoms. The van der Waals surface area contributed by atoms with E-state index in [9.17, 15) is 0 Å². The minimum absolute atomic E-state index is 0. The summed E-state index contributed by atoms with van der Waals surface area (Å²) in [6.07, 6.45) is 6.62. The Hall–Kier alpha value is -2.08. The van der Waals surface area contributed by atoms with E-state index in [0.717, 1.165) is 26.2 Å². The van der Waals surface area contributed by atoms with Crippen molar-refractivity contribution >= 4 is 23.6 Å². The molecule has 0 bridgehead atoms. The molecule has 2 aliphatic rings. The highest BCUT2D eigenvalue weighted by Crippen LogP contribution is 2.32. The number of rotatable bonds is 4. The van der Waals surface area contributed by atoms with Gasteiger partial charge in [0.2, 0.25) is 0 Å². The lowest BCUT2D eigenvalue weighted by Crippen LogP contribution is -2.43. The normalized spacial score (nSPS) is 18.5. The summed E-state index contributed by atoms with van der Waals surface area (Å²) >= 11 is 0. The molecule has 3 aromatic rings. The smallest absolute Gasteiger partial charge is 0.0886 e. The predicted molar refractivity (Wildman–Crippen MR) is 132 cm³/mol. The van der Waals surface area contributed by atoms with Crippen molar-refractivity contribution in [2.45, 2.75) is 38.6 Å². The van der Waals surface area contributed by atoms with Gasteiger partial charge in [-0.2, -0.15) is 5.10 Å². The molecule has 4 heterocycles. The number of nitrogens with one attached hydrogen (secondary N) is 1. The number of likely N-dealkylation sites (tertiary alicyclic amines) is 1. The molecule has 0 amide bonds. The van der Waals surface area contributed by atoms with Gasteiger partial charge in [0, 0.05) is 50.2 Å². The van der Waals surface area contributed by atoms with E-state index in [-0.39, 0.29) is 12.4 Å². The minimum Gasteiger partial charge on any atom is -0.367 e. The number of anilines is 1. The van der Waals surface area contributed by atoms with Gasteiger partial charge in [0.15, 0.2) is 0 Å². The number of aromatic nitrogens is 2. The van der Waals surface area contributed by atoms with Crippen LogP contribution in [-0.2, 0) is 0 Å². The zero-order valence-electron chi connectivity index (χ0n) is 18.6. The molecule has 5 nitrogen and oxygen atoms in total. The van der Waals surface area contributed by atoms with Crippen LogP contribution < -0.4 is 10.2 Å². The zero-order chi connectivity index (χ0) is 20.5. The molecule has 0 radical (unpaired) electrons. The Bertz CT molecular complexity index is 983. The maximum absolute atomic E-state index is 4.56. The average Bonchev–Trinajstić information content (AvgIpc) is 3.24. The summed E-state index contributed by atoms with van der Waals surface area (Å²) in [6, 6.07) is 14.4. The van der Waals surface area contributed by atoms with Crippen LogP contribution in [0.5, 0.6) is 0 Å². The molecular formula is C25H34ClN5. The summed E-state index contributed by atoms with van der Waals surface area (Å²) in [4.78, 5) is 5.06. The molecule has 0 saturated carbocycles. The highest BCUT2D eigenvalue weighted by atomic mass is 35.5. The van der Waals surface area contributed by atoms with Gasteiger partial charge < -0.3 is 15.1 Å². The van der Waals surface area contributed by atoms with E-state index in [2.05, 4.69) is 76.7 Å². The SMILES string of the molecule is CC(C)N1CCC(c2ccc(-c3cc4c(N5CCNCC5)ccnn4c3)cc2)CC1.Cl. The Morgan fingerprint density at radius 2 is 1.65 bits per heavy atom. The third-order valence-corrected chi connectivity index (χ3v) is 6.92. The van der Waals surface area contributed by atoms with E-state index < -0.39 is 0 Å². The van der Waals surface area contributed by atoms with E-state index in [1.807, 2.05) is 10.7 Å². The van der Waals surface area contributed by atoms with Gasteiger partial charge in [-0.05, 0) is 69.0 Å². The molecule has 1 N–H and O–H groups in total. The number of halogens is 1. The second-order valence-electron chi connectivity index (χ2n) is 9.04. The maximum Gasteiger partial charge on any atom is 0.0886 e. The van der Waals surface area contributed by atoms with Crippen LogP contribution in [0.25, 0.3) is 16.6 Å². The molecule has 2 saturated heterocycles. The van der Waals surface area contributed by atoms with Crippen molar-refractivity contribution in [2.24, 2.45) is 0 Å². The van der Waals surface area contributed by atoms with Crippen LogP contribution >= 0.6 is 12.4 Å². The average molecular weight is 440 g/mol. The second-order valence-corrected chi connectivity index (χ2v) is 9.04. The van der Waals surface area contributed by atoms with Gasteiger partial charge in [0.05, 0.1) is 11.2 Å². The molecule has 5 rings (SSSR count). The van der Waals surface area contributed by atoms with E-state index >= 15 is 0 Å². The van der Waals surface area contributed by atoms with Crippen molar-refractivity contribution in [2.75, 3.05) is 44.2 Å². The van der Waals surface area contributed by atoms with Crippen LogP contribution in [-0.4, -0.2) is 59.8 Å². The van der Waals surface area contributed by atoms with Gasteiger partial charge in [-0.15, -0.1) is 12.4 Å². The van der Waals surface area contributed by atoms with Crippen LogP contribution in [0.1, 0.15) is 38.2 Å². The van der Waals surface area contributed by atoms with Gasteiger partial charge in [0.25, 0.3) is 0 Å². The lowest BCUT2D eigenvalue weighted by molar-refractivity contribution is 0.172. The molecule has 2 aliphatic heterocycles. The molecule has 31 heavy (non-hydrogen) atoms. The Morgan fingerprint density at radius 1 is 0.935 bits per heavy atom. The first kappa shape index (κ1) is 22.1. The largest absolute Gasteiger partial charge is 0.367 e. The number of piperidine rings is 1. The summed E-state index contributed by atoms with van der Waals surface area (Å²) in [7, 11) is 0. The van der Waals surface area contributed by atoms with Crippen LogP contribution in [0.15, 0.2) is 48.8 Å². The molecule has 2 aromatic heterocycles. The third kappa shape index (κ3) is 4.59. The molecule has 1 aromatic carbocycles. The van der Waals surface area contributed by atoms with E-state index in [4.69, 9.17) is 0 Å². The first-order chi connectivity index (χ1) is 14.7. The first-order valence-corrected chi connectivity index (χ1v) is 11.5. The van der Waals surface area contributed by atoms with Gasteiger partial charge >= 0.3 is 0 Å². The number of benzene rings is 1. The van der Waals surface area contributed by atoms with Crippen molar-refractivity contribution in [3.05, 3.63) is 54.4 Å². The monoisotopic (exact) mass is 439 g/mol. The van der Waals surface area contributed by atoms with Crippen molar-refractivity contribution in [1.82, 2.24) is 19.8 Å². The molecule has 2 fully saturated rings. The van der Waals surface area contributed by atoms with Crippen molar-refractivity contribution in [3.63, 3.8) is 0 Å². The van der Waals surface area contributed by atoms with Crippen molar-refractivity contribution in [3.8, 4) is 11.1 Å². The Kier molecular flexibility index (Phi) is 6.85. The van der Waals surface area contributed by atoms with Crippen molar-refractivity contribution < 1.29 is 0 Å². The second kappa shape index (κ2) is 9.60. The van der Waals surface area contributed by atoms with E-state index in [0.29, 0.717) is 12.0 Å². The van der Waals surface area contributed by atoms with Gasteiger partial charge in [-0.1, -0.05) is 24.3 Å². The lowest BCUT2D eigenvalue weighted by Gasteiger charge is -2.34. The number of nitrogens with zero attached hydrogens (tertiary/aromatic N) is 4. The van der Waals surface area contributed by atoms with Crippen LogP contribution in [0, 0.1) is 0 Å². The van der Waals surface area contributed by atoms with E-state index in [1.165, 1.54) is 53.8 Å². The third-order valence-electron chi connectivity index (χ3n) is 6.92. The maximum atomic E-state index is 4.56. The van der Waals surface area contributed by atoms with Crippen LogP contribution in [0.4, 0.5) is 5.69 Å². The number of hydrogen-bond acceptors (Lipinski definition) is 4. The summed E-state index contributed by atoms with van der Waals surface area (Å²) in [5.41, 5.74) is 6.48. The lowest BCUT2D eigenvalue weighted by atomic mass is 9.88. The number of piperazine rings is 1. The first-order valence-electron chi connectivity index (χ1n) is 11.5. The highest BCUT2D eigenvalue weighted by Gasteiger charge is 2.22. The van der Waals surface area contributed by atoms with Gasteiger partial charge in [-0.25, -0.2) is 4.52 Å². The number of fused-ring (bicyclic) bond motifs is 1. The molecule has 0 atom stereocenters. The predicted octanol–water partition coefficient (Wildman–Crippen LogP) is 4.42. The van der Waals surface area contributed by atoms with Crippen molar-refractivity contribution in [1.29, 1.82) is 0 Å². The Labute approximate surface area is 191 Å². The fourth-order valence-electron chi connectivity index (χ4n) is 5.03. The minimum atomic E-state index is 0. The topological polar surface area (TPSA) is 35.8 Å². The Balaban J connectivity index is 0.00000231. The molecule has 166 valence electrons. The number of hydrogen-bond donors (Lipinski definition) is 1. The standard InChI is InChI=1S/C25H33N5.ClH/c1-19(2)28-13-8-22(9-14-28)20-3-5-21(6-4-20)23-17-25-24(7-10-27-30(25)18-23)29-15-11-26-12-16-29;/h3-7,10,17-19,22,26H,8-9,11-16H2,1-2H3;1H. The summed E-state index contributed by atoms with van der Waals surface area (Å²) < 4.78 is 2.03. The van der Waals surface area contributed by atoms with Gasteiger partial charge in [0.1, 0.15) is 0 Å².